The topological polar surface area (TPSA) is 42.2 Å². The van der Waals surface area contributed by atoms with Crippen LogP contribution in [0, 0.1) is 0 Å². The summed E-state index contributed by atoms with van der Waals surface area (Å²) in [6, 6.07) is 9.57. The molecule has 1 N–H and O–H groups in total. The zero-order valence-corrected chi connectivity index (χ0v) is 10.0. The van der Waals surface area contributed by atoms with Gasteiger partial charge >= 0.3 is 0 Å². The van der Waals surface area contributed by atoms with E-state index in [0.29, 0.717) is 12.1 Å². The molecule has 0 amide bonds. The minimum absolute atomic E-state index is 0.0698. The molecule has 17 heavy (non-hydrogen) atoms. The summed E-state index contributed by atoms with van der Waals surface area (Å²) in [7, 11) is 0. The lowest BCUT2D eigenvalue weighted by Gasteiger charge is -2.11. The first-order valence-electron chi connectivity index (χ1n) is 6.00. The summed E-state index contributed by atoms with van der Waals surface area (Å²) in [6.45, 7) is 2.61. The van der Waals surface area contributed by atoms with Crippen LogP contribution in [0.2, 0.25) is 0 Å². The summed E-state index contributed by atoms with van der Waals surface area (Å²) in [5.74, 6) is 0. The third kappa shape index (κ3) is 2.24. The molecule has 0 aliphatic carbocycles. The van der Waals surface area contributed by atoms with Crippen molar-refractivity contribution >= 4 is 10.9 Å². The highest BCUT2D eigenvalue weighted by Gasteiger charge is 2.07. The van der Waals surface area contributed by atoms with Gasteiger partial charge in [-0.25, -0.2) is 0 Å². The highest BCUT2D eigenvalue weighted by Crippen LogP contribution is 2.14. The molecule has 0 saturated carbocycles. The van der Waals surface area contributed by atoms with Crippen LogP contribution >= 0.6 is 0 Å². The number of aryl methyl sites for hydroxylation is 1. The Morgan fingerprint density at radius 2 is 2.06 bits per heavy atom. The summed E-state index contributed by atoms with van der Waals surface area (Å²) in [4.78, 5) is 12.1. The maximum atomic E-state index is 12.1. The molecule has 0 saturated heterocycles. The highest BCUT2D eigenvalue weighted by molar-refractivity contribution is 5.79. The lowest BCUT2D eigenvalue weighted by Crippen LogP contribution is -2.24. The molecule has 1 aromatic carbocycles. The van der Waals surface area contributed by atoms with Crippen molar-refractivity contribution in [2.75, 3.05) is 0 Å². The van der Waals surface area contributed by atoms with Gasteiger partial charge in [0.1, 0.15) is 0 Å². The van der Waals surface area contributed by atoms with Crippen molar-refractivity contribution < 1.29 is 5.11 Å². The van der Waals surface area contributed by atoms with Gasteiger partial charge in [0.2, 0.25) is 0 Å². The van der Waals surface area contributed by atoms with Crippen molar-refractivity contribution in [2.24, 2.45) is 0 Å². The second-order valence-electron chi connectivity index (χ2n) is 4.20. The molecule has 0 spiro atoms. The molecule has 0 unspecified atom stereocenters. The minimum atomic E-state index is -0.199. The molecular formula is C14H17NO2. The number of hydrogen-bond donors (Lipinski definition) is 1. The second-order valence-corrected chi connectivity index (χ2v) is 4.20. The fraction of sp³-hybridized carbons (Fsp3) is 0.357. The number of pyridine rings is 1. The number of para-hydroxylation sites is 1. The number of fused-ring (bicyclic) bond motifs is 1. The Kier molecular flexibility index (Phi) is 3.59. The fourth-order valence-corrected chi connectivity index (χ4v) is 2.04. The van der Waals surface area contributed by atoms with Crippen LogP contribution in [0.15, 0.2) is 35.1 Å². The molecular weight excluding hydrogens is 214 g/mol. The number of unbranched alkanes of at least 4 members (excludes halogenated alkanes) is 1. The van der Waals surface area contributed by atoms with E-state index in [9.17, 15) is 9.90 Å². The molecule has 1 heterocycles. The molecule has 2 rings (SSSR count). The van der Waals surface area contributed by atoms with Gasteiger partial charge in [-0.2, -0.15) is 0 Å². The number of aliphatic hydroxyl groups is 1. The molecule has 0 radical (unpaired) electrons. The van der Waals surface area contributed by atoms with E-state index in [1.54, 1.807) is 10.6 Å². The van der Waals surface area contributed by atoms with E-state index < -0.39 is 0 Å². The standard InChI is InChI=1S/C14H17NO2/c1-2-3-8-15-13-7-5-4-6-11(13)9-12(10-16)14(15)17/h4-7,9,16H,2-3,8,10H2,1H3. The number of rotatable bonds is 4. The van der Waals surface area contributed by atoms with Gasteiger partial charge in [-0.1, -0.05) is 31.5 Å². The number of aromatic nitrogens is 1. The van der Waals surface area contributed by atoms with Crippen LogP contribution in [-0.4, -0.2) is 9.67 Å². The molecule has 3 heteroatoms. The predicted molar refractivity (Wildman–Crippen MR) is 69.0 cm³/mol. The quantitative estimate of drug-likeness (QED) is 0.877. The summed E-state index contributed by atoms with van der Waals surface area (Å²) in [5.41, 5.74) is 1.35. The van der Waals surface area contributed by atoms with Crippen LogP contribution < -0.4 is 5.56 Å². The van der Waals surface area contributed by atoms with Gasteiger partial charge in [0.15, 0.2) is 0 Å². The Labute approximate surface area is 100 Å². The molecule has 0 aliphatic heterocycles. The first-order chi connectivity index (χ1) is 8.27. The molecule has 1 aromatic heterocycles. The van der Waals surface area contributed by atoms with Crippen LogP contribution in [0.25, 0.3) is 10.9 Å². The van der Waals surface area contributed by atoms with Crippen molar-refractivity contribution in [1.82, 2.24) is 4.57 Å². The third-order valence-electron chi connectivity index (χ3n) is 2.98. The summed E-state index contributed by atoms with van der Waals surface area (Å²) in [5, 5.41) is 10.2. The molecule has 0 fully saturated rings. The smallest absolute Gasteiger partial charge is 0.256 e. The fourth-order valence-electron chi connectivity index (χ4n) is 2.04. The van der Waals surface area contributed by atoms with Crippen LogP contribution in [0.3, 0.4) is 0 Å². The molecule has 0 bridgehead atoms. The van der Waals surface area contributed by atoms with Crippen LogP contribution in [0.1, 0.15) is 25.3 Å². The monoisotopic (exact) mass is 231 g/mol. The Hall–Kier alpha value is -1.61. The highest BCUT2D eigenvalue weighted by atomic mass is 16.3. The van der Waals surface area contributed by atoms with Crippen LogP contribution in [0.5, 0.6) is 0 Å². The van der Waals surface area contributed by atoms with E-state index in [4.69, 9.17) is 0 Å². The van der Waals surface area contributed by atoms with E-state index in [0.717, 1.165) is 23.7 Å². The first kappa shape index (κ1) is 11.9. The first-order valence-corrected chi connectivity index (χ1v) is 6.00. The van der Waals surface area contributed by atoms with Crippen LogP contribution in [0.4, 0.5) is 0 Å². The zero-order chi connectivity index (χ0) is 12.3. The maximum absolute atomic E-state index is 12.1. The van der Waals surface area contributed by atoms with Gasteiger partial charge in [0, 0.05) is 12.1 Å². The van der Waals surface area contributed by atoms with Gasteiger partial charge in [-0.05, 0) is 23.9 Å². The SMILES string of the molecule is CCCCn1c(=O)c(CO)cc2ccccc21. The molecule has 2 aromatic rings. The normalized spacial score (nSPS) is 10.9. The number of hydrogen-bond acceptors (Lipinski definition) is 2. The number of aliphatic hydroxyl groups excluding tert-OH is 1. The molecule has 3 nitrogen and oxygen atoms in total. The van der Waals surface area contributed by atoms with Crippen LogP contribution in [-0.2, 0) is 13.2 Å². The summed E-state index contributed by atoms with van der Waals surface area (Å²) < 4.78 is 1.77. The summed E-state index contributed by atoms with van der Waals surface area (Å²) >= 11 is 0. The maximum Gasteiger partial charge on any atom is 0.256 e. The molecule has 0 aliphatic rings. The van der Waals surface area contributed by atoms with Gasteiger partial charge in [-0.3, -0.25) is 4.79 Å². The van der Waals surface area contributed by atoms with Crippen molar-refractivity contribution in [3.8, 4) is 0 Å². The van der Waals surface area contributed by atoms with Gasteiger partial charge in [0.05, 0.1) is 12.1 Å². The Bertz CT molecular complexity index is 572. The largest absolute Gasteiger partial charge is 0.391 e. The van der Waals surface area contributed by atoms with E-state index in [1.807, 2.05) is 24.3 Å². The second kappa shape index (κ2) is 5.15. The van der Waals surface area contributed by atoms with Crippen molar-refractivity contribution in [2.45, 2.75) is 32.9 Å². The van der Waals surface area contributed by atoms with Gasteiger partial charge in [0.25, 0.3) is 5.56 Å². The average Bonchev–Trinajstić information content (AvgIpc) is 2.37. The van der Waals surface area contributed by atoms with Crippen molar-refractivity contribution in [3.05, 3.63) is 46.2 Å². The molecule has 90 valence electrons. The third-order valence-corrected chi connectivity index (χ3v) is 2.98. The Balaban J connectivity index is 2.66. The lowest BCUT2D eigenvalue weighted by atomic mass is 10.1. The Morgan fingerprint density at radius 3 is 2.76 bits per heavy atom. The predicted octanol–water partition coefficient (Wildman–Crippen LogP) is 2.29. The zero-order valence-electron chi connectivity index (χ0n) is 10.0. The minimum Gasteiger partial charge on any atom is -0.391 e. The Morgan fingerprint density at radius 1 is 1.29 bits per heavy atom. The lowest BCUT2D eigenvalue weighted by molar-refractivity contribution is 0.279. The van der Waals surface area contributed by atoms with Gasteiger partial charge < -0.3 is 9.67 Å². The van der Waals surface area contributed by atoms with E-state index in [-0.39, 0.29) is 12.2 Å². The van der Waals surface area contributed by atoms with E-state index >= 15 is 0 Å². The van der Waals surface area contributed by atoms with Crippen molar-refractivity contribution in [3.63, 3.8) is 0 Å². The van der Waals surface area contributed by atoms with Gasteiger partial charge in [-0.15, -0.1) is 0 Å². The average molecular weight is 231 g/mol. The molecule has 0 atom stereocenters. The van der Waals surface area contributed by atoms with E-state index in [1.165, 1.54) is 0 Å². The number of benzene rings is 1. The summed E-state index contributed by atoms with van der Waals surface area (Å²) in [6.07, 6.45) is 2.02. The number of nitrogens with zero attached hydrogens (tertiary/aromatic N) is 1. The van der Waals surface area contributed by atoms with E-state index in [2.05, 4.69) is 6.92 Å². The van der Waals surface area contributed by atoms with Crippen molar-refractivity contribution in [1.29, 1.82) is 0 Å².